The summed E-state index contributed by atoms with van der Waals surface area (Å²) in [6.07, 6.45) is 2.92. The summed E-state index contributed by atoms with van der Waals surface area (Å²) in [4.78, 5) is 28.8. The van der Waals surface area contributed by atoms with Crippen LogP contribution in [0.4, 0.5) is 0 Å². The number of aromatic amines is 1. The molecule has 1 heterocycles. The molecule has 7 nitrogen and oxygen atoms in total. The normalized spacial score (nSPS) is 12.8. The molecule has 170 valence electrons. The summed E-state index contributed by atoms with van der Waals surface area (Å²) in [7, 11) is -3.72. The van der Waals surface area contributed by atoms with Gasteiger partial charge in [-0.1, -0.05) is 44.2 Å². The van der Waals surface area contributed by atoms with Crippen molar-refractivity contribution in [1.29, 1.82) is 0 Å². The number of rotatable bonds is 9. The lowest BCUT2D eigenvalue weighted by Gasteiger charge is -2.18. The first-order valence-electron chi connectivity index (χ1n) is 10.8. The molecular formula is C24H29N3O4S. The average Bonchev–Trinajstić information content (AvgIpc) is 2.79. The molecule has 1 amide bonds. The number of fused-ring (bicyclic) bond motifs is 1. The van der Waals surface area contributed by atoms with E-state index in [0.29, 0.717) is 18.6 Å². The number of hydrogen-bond donors (Lipinski definition) is 2. The molecule has 3 rings (SSSR count). The minimum absolute atomic E-state index is 0.0352. The summed E-state index contributed by atoms with van der Waals surface area (Å²) in [5.74, 6) is -0.481. The van der Waals surface area contributed by atoms with Crippen molar-refractivity contribution in [2.75, 3.05) is 13.1 Å². The number of sulfonamides is 1. The molecular weight excluding hydrogens is 426 g/mol. The summed E-state index contributed by atoms with van der Waals surface area (Å²) in [6.45, 7) is 6.07. The van der Waals surface area contributed by atoms with E-state index in [1.165, 1.54) is 28.2 Å². The van der Waals surface area contributed by atoms with Crippen LogP contribution in [-0.2, 0) is 16.4 Å². The predicted molar refractivity (Wildman–Crippen MR) is 126 cm³/mol. The minimum Gasteiger partial charge on any atom is -0.360 e. The molecule has 2 N–H and O–H groups in total. The zero-order valence-corrected chi connectivity index (χ0v) is 19.4. The topological polar surface area (TPSA) is 99.3 Å². The number of aromatic nitrogens is 1. The number of H-pyrrole nitrogens is 1. The summed E-state index contributed by atoms with van der Waals surface area (Å²) in [5.41, 5.74) is 1.12. The van der Waals surface area contributed by atoms with Crippen LogP contribution in [0.3, 0.4) is 0 Å². The van der Waals surface area contributed by atoms with Gasteiger partial charge in [0.05, 0.1) is 4.90 Å². The number of carbonyl (C=O) groups excluding carboxylic acids is 1. The number of hydrogen-bond acceptors (Lipinski definition) is 4. The zero-order valence-electron chi connectivity index (χ0n) is 18.6. The Morgan fingerprint density at radius 1 is 1.09 bits per heavy atom. The Kier molecular flexibility index (Phi) is 7.48. The van der Waals surface area contributed by atoms with Gasteiger partial charge >= 0.3 is 0 Å². The Morgan fingerprint density at radius 2 is 1.78 bits per heavy atom. The maximum absolute atomic E-state index is 13.0. The second kappa shape index (κ2) is 10.1. The van der Waals surface area contributed by atoms with Gasteiger partial charge in [0, 0.05) is 36.2 Å². The van der Waals surface area contributed by atoms with Gasteiger partial charge in [0.25, 0.3) is 5.91 Å². The van der Waals surface area contributed by atoms with E-state index in [9.17, 15) is 18.0 Å². The molecule has 0 saturated carbocycles. The van der Waals surface area contributed by atoms with Crippen LogP contribution in [0.1, 0.15) is 43.1 Å². The van der Waals surface area contributed by atoms with Crippen LogP contribution in [0.2, 0.25) is 0 Å². The van der Waals surface area contributed by atoms with E-state index in [4.69, 9.17) is 0 Å². The van der Waals surface area contributed by atoms with Gasteiger partial charge in [0.1, 0.15) is 5.56 Å². The number of pyridine rings is 1. The van der Waals surface area contributed by atoms with Gasteiger partial charge in [0.2, 0.25) is 15.5 Å². The fourth-order valence-electron chi connectivity index (χ4n) is 3.64. The monoisotopic (exact) mass is 455 g/mol. The van der Waals surface area contributed by atoms with Gasteiger partial charge in [-0.05, 0) is 43.5 Å². The standard InChI is InChI=1S/C24H29N3O4S/c1-4-27(5-2)32(30,31)19-13-14-22-20(15-19)23(28)21(16-25-22)24(29)26-17(3)11-12-18-9-7-6-8-10-18/h6-10,13-17H,4-5,11-12H2,1-3H3,(H,25,28)(H,26,29)/t17-/m1/s1. The van der Waals surface area contributed by atoms with Crippen molar-refractivity contribution in [3.8, 4) is 0 Å². The van der Waals surface area contributed by atoms with E-state index in [0.717, 1.165) is 12.8 Å². The number of aryl methyl sites for hydroxylation is 1. The highest BCUT2D eigenvalue weighted by molar-refractivity contribution is 7.89. The molecule has 3 aromatic rings. The Balaban J connectivity index is 1.83. The van der Waals surface area contributed by atoms with Crippen LogP contribution in [0.25, 0.3) is 10.9 Å². The largest absolute Gasteiger partial charge is 0.360 e. The Bertz CT molecular complexity index is 1250. The highest BCUT2D eigenvalue weighted by Gasteiger charge is 2.23. The molecule has 8 heteroatoms. The molecule has 0 aliphatic rings. The fraction of sp³-hybridized carbons (Fsp3) is 0.333. The molecule has 0 aliphatic carbocycles. The molecule has 0 saturated heterocycles. The number of nitrogens with one attached hydrogen (secondary N) is 2. The highest BCUT2D eigenvalue weighted by atomic mass is 32.2. The average molecular weight is 456 g/mol. The Hall–Kier alpha value is -2.97. The van der Waals surface area contributed by atoms with Gasteiger partial charge in [-0.3, -0.25) is 9.59 Å². The minimum atomic E-state index is -3.72. The third kappa shape index (κ3) is 5.08. The second-order valence-electron chi connectivity index (χ2n) is 7.73. The lowest BCUT2D eigenvalue weighted by atomic mass is 10.1. The Labute approximate surface area is 188 Å². The SMILES string of the molecule is CCN(CC)S(=O)(=O)c1ccc2[nH]cc(C(=O)N[C@H](C)CCc3ccccc3)c(=O)c2c1. The van der Waals surface area contributed by atoms with Crippen LogP contribution < -0.4 is 10.7 Å². The molecule has 1 aromatic heterocycles. The molecule has 1 atom stereocenters. The van der Waals surface area contributed by atoms with Crippen molar-refractivity contribution < 1.29 is 13.2 Å². The van der Waals surface area contributed by atoms with Crippen molar-refractivity contribution >= 4 is 26.8 Å². The number of nitrogens with zero attached hydrogens (tertiary/aromatic N) is 1. The first kappa shape index (κ1) is 23.7. The third-order valence-corrected chi connectivity index (χ3v) is 7.57. The molecule has 0 radical (unpaired) electrons. The van der Waals surface area contributed by atoms with Crippen molar-refractivity contribution in [3.63, 3.8) is 0 Å². The Morgan fingerprint density at radius 3 is 2.44 bits per heavy atom. The second-order valence-corrected chi connectivity index (χ2v) is 9.66. The predicted octanol–water partition coefficient (Wildman–Crippen LogP) is 3.31. The van der Waals surface area contributed by atoms with E-state index >= 15 is 0 Å². The van der Waals surface area contributed by atoms with E-state index in [-0.39, 0.29) is 21.9 Å². The first-order chi connectivity index (χ1) is 15.3. The zero-order chi connectivity index (χ0) is 23.3. The van der Waals surface area contributed by atoms with Gasteiger partial charge in [-0.2, -0.15) is 4.31 Å². The van der Waals surface area contributed by atoms with Crippen LogP contribution >= 0.6 is 0 Å². The number of carbonyl (C=O) groups is 1. The number of benzene rings is 2. The summed E-state index contributed by atoms with van der Waals surface area (Å²) in [6, 6.07) is 14.2. The lowest BCUT2D eigenvalue weighted by molar-refractivity contribution is 0.0937. The smallest absolute Gasteiger partial charge is 0.256 e. The van der Waals surface area contributed by atoms with Crippen LogP contribution in [0.15, 0.2) is 64.4 Å². The molecule has 2 aromatic carbocycles. The molecule has 0 unspecified atom stereocenters. The summed E-state index contributed by atoms with van der Waals surface area (Å²) >= 11 is 0. The first-order valence-corrected chi connectivity index (χ1v) is 12.2. The van der Waals surface area contributed by atoms with Gasteiger partial charge < -0.3 is 10.3 Å². The van der Waals surface area contributed by atoms with E-state index in [1.54, 1.807) is 19.9 Å². The van der Waals surface area contributed by atoms with E-state index in [1.807, 2.05) is 37.3 Å². The lowest BCUT2D eigenvalue weighted by Crippen LogP contribution is -2.36. The van der Waals surface area contributed by atoms with Gasteiger partial charge in [-0.15, -0.1) is 0 Å². The highest BCUT2D eigenvalue weighted by Crippen LogP contribution is 2.19. The van der Waals surface area contributed by atoms with Crippen molar-refractivity contribution in [2.45, 2.75) is 44.6 Å². The van der Waals surface area contributed by atoms with Crippen LogP contribution in [0, 0.1) is 0 Å². The van der Waals surface area contributed by atoms with Gasteiger partial charge in [-0.25, -0.2) is 8.42 Å². The maximum Gasteiger partial charge on any atom is 0.256 e. The fourth-order valence-corrected chi connectivity index (χ4v) is 5.13. The van der Waals surface area contributed by atoms with Crippen molar-refractivity contribution in [3.05, 3.63) is 76.1 Å². The molecule has 0 aliphatic heterocycles. The van der Waals surface area contributed by atoms with Gasteiger partial charge in [0.15, 0.2) is 0 Å². The quantitative estimate of drug-likeness (QED) is 0.517. The number of amides is 1. The van der Waals surface area contributed by atoms with Crippen molar-refractivity contribution in [2.24, 2.45) is 0 Å². The maximum atomic E-state index is 13.0. The summed E-state index contributed by atoms with van der Waals surface area (Å²) < 4.78 is 27.0. The third-order valence-electron chi connectivity index (χ3n) is 5.53. The van der Waals surface area contributed by atoms with Crippen LogP contribution in [-0.4, -0.2) is 42.7 Å². The molecule has 0 bridgehead atoms. The van der Waals surface area contributed by atoms with Crippen molar-refractivity contribution in [1.82, 2.24) is 14.6 Å². The summed E-state index contributed by atoms with van der Waals surface area (Å²) in [5, 5.41) is 3.04. The van der Waals surface area contributed by atoms with E-state index < -0.39 is 21.4 Å². The molecule has 32 heavy (non-hydrogen) atoms. The molecule has 0 fully saturated rings. The van der Waals surface area contributed by atoms with Crippen LogP contribution in [0.5, 0.6) is 0 Å². The van der Waals surface area contributed by atoms with E-state index in [2.05, 4.69) is 10.3 Å². The molecule has 0 spiro atoms.